The number of hydrogen-bond acceptors (Lipinski definition) is 4. The molecule has 0 saturated carbocycles. The van der Waals surface area contributed by atoms with Crippen LogP contribution in [-0.2, 0) is 4.74 Å². The van der Waals surface area contributed by atoms with E-state index in [1.54, 1.807) is 24.6 Å². The zero-order valence-electron chi connectivity index (χ0n) is 7.80. The lowest BCUT2D eigenvalue weighted by atomic mass is 10.2. The molecule has 0 amide bonds. The molecule has 2 aromatic heterocycles. The van der Waals surface area contributed by atoms with Gasteiger partial charge >= 0.3 is 0 Å². The first-order valence-electron chi connectivity index (χ1n) is 4.31. The first kappa shape index (κ1) is 9.58. The Hall–Kier alpha value is -0.970. The Morgan fingerprint density at radius 1 is 1.64 bits per heavy atom. The van der Waals surface area contributed by atoms with Crippen LogP contribution in [-0.4, -0.2) is 23.8 Å². The smallest absolute Gasteiger partial charge is 0.104 e. The number of fused-ring (bicyclic) bond motifs is 1. The number of ether oxygens (including phenoxy) is 1. The lowest BCUT2D eigenvalue weighted by Gasteiger charge is -2.08. The van der Waals surface area contributed by atoms with Gasteiger partial charge in [0.25, 0.3) is 0 Å². The topological polar surface area (TPSA) is 42.4 Å². The lowest BCUT2D eigenvalue weighted by molar-refractivity contribution is 0.0643. The molecule has 1 atom stereocenters. The highest BCUT2D eigenvalue weighted by Crippen LogP contribution is 2.22. The van der Waals surface area contributed by atoms with E-state index < -0.39 is 6.10 Å². The van der Waals surface area contributed by atoms with Crippen molar-refractivity contribution in [1.29, 1.82) is 0 Å². The maximum atomic E-state index is 9.66. The molecule has 14 heavy (non-hydrogen) atoms. The summed E-state index contributed by atoms with van der Waals surface area (Å²) in [5.41, 5.74) is 1.78. The first-order valence-corrected chi connectivity index (χ1v) is 5.19. The molecule has 3 nitrogen and oxygen atoms in total. The van der Waals surface area contributed by atoms with Gasteiger partial charge in [0.05, 0.1) is 16.8 Å². The average Bonchev–Trinajstić information content (AvgIpc) is 2.64. The summed E-state index contributed by atoms with van der Waals surface area (Å²) < 4.78 is 5.97. The molecule has 0 spiro atoms. The van der Waals surface area contributed by atoms with Crippen molar-refractivity contribution in [2.45, 2.75) is 6.10 Å². The summed E-state index contributed by atoms with van der Waals surface area (Å²) in [5.74, 6) is 0. The summed E-state index contributed by atoms with van der Waals surface area (Å²) in [4.78, 5) is 4.24. The molecule has 4 heteroatoms. The fourth-order valence-corrected chi connectivity index (χ4v) is 2.09. The molecule has 0 aliphatic carbocycles. The third-order valence-electron chi connectivity index (χ3n) is 2.03. The molecule has 0 saturated heterocycles. The van der Waals surface area contributed by atoms with Gasteiger partial charge in [0, 0.05) is 18.9 Å². The number of aliphatic hydroxyl groups excluding tert-OH is 1. The molecule has 2 heterocycles. The molecule has 2 rings (SSSR count). The van der Waals surface area contributed by atoms with Gasteiger partial charge in [-0.2, -0.15) is 0 Å². The number of hydrogen-bond donors (Lipinski definition) is 1. The number of aromatic nitrogens is 1. The highest BCUT2D eigenvalue weighted by molar-refractivity contribution is 7.17. The molecule has 0 aromatic carbocycles. The Morgan fingerprint density at radius 2 is 2.50 bits per heavy atom. The molecular formula is C10H11NO2S. The second-order valence-corrected chi connectivity index (χ2v) is 3.99. The van der Waals surface area contributed by atoms with E-state index >= 15 is 0 Å². The van der Waals surface area contributed by atoms with E-state index in [4.69, 9.17) is 4.74 Å². The molecule has 0 fully saturated rings. The minimum absolute atomic E-state index is 0.304. The Morgan fingerprint density at radius 3 is 3.29 bits per heavy atom. The number of thiophene rings is 1. The van der Waals surface area contributed by atoms with Crippen LogP contribution in [0.25, 0.3) is 10.2 Å². The summed E-state index contributed by atoms with van der Waals surface area (Å²) in [6, 6.07) is 3.92. The van der Waals surface area contributed by atoms with Gasteiger partial charge in [0.2, 0.25) is 0 Å². The summed E-state index contributed by atoms with van der Waals surface area (Å²) in [5, 5.41) is 11.6. The Labute approximate surface area is 86.0 Å². The highest BCUT2D eigenvalue weighted by Gasteiger charge is 2.08. The fraction of sp³-hybridized carbons (Fsp3) is 0.300. The molecule has 0 radical (unpaired) electrons. The van der Waals surface area contributed by atoms with Crippen LogP contribution in [0.5, 0.6) is 0 Å². The van der Waals surface area contributed by atoms with Crippen LogP contribution in [0.3, 0.4) is 0 Å². The van der Waals surface area contributed by atoms with Crippen LogP contribution in [0, 0.1) is 0 Å². The Bertz CT molecular complexity index is 427. The SMILES string of the molecule is COCC(O)c1cnc2ccsc2c1. The summed E-state index contributed by atoms with van der Waals surface area (Å²) >= 11 is 1.62. The van der Waals surface area contributed by atoms with Gasteiger partial charge < -0.3 is 9.84 Å². The largest absolute Gasteiger partial charge is 0.386 e. The van der Waals surface area contributed by atoms with Gasteiger partial charge in [-0.25, -0.2) is 0 Å². The van der Waals surface area contributed by atoms with Crippen LogP contribution < -0.4 is 0 Å². The van der Waals surface area contributed by atoms with Crippen LogP contribution >= 0.6 is 11.3 Å². The normalized spacial score (nSPS) is 13.3. The van der Waals surface area contributed by atoms with Crippen molar-refractivity contribution in [3.63, 3.8) is 0 Å². The zero-order chi connectivity index (χ0) is 9.97. The van der Waals surface area contributed by atoms with Crippen molar-refractivity contribution in [3.8, 4) is 0 Å². The van der Waals surface area contributed by atoms with Crippen LogP contribution in [0.1, 0.15) is 11.7 Å². The molecular weight excluding hydrogens is 198 g/mol. The standard InChI is InChI=1S/C10H11NO2S/c1-13-6-9(12)7-4-10-8(11-5-7)2-3-14-10/h2-5,9,12H,6H2,1H3. The lowest BCUT2D eigenvalue weighted by Crippen LogP contribution is -2.05. The molecule has 1 unspecified atom stereocenters. The number of pyridine rings is 1. The van der Waals surface area contributed by atoms with Crippen LogP contribution in [0.2, 0.25) is 0 Å². The third-order valence-corrected chi connectivity index (χ3v) is 2.89. The van der Waals surface area contributed by atoms with E-state index in [9.17, 15) is 5.11 Å². The van der Waals surface area contributed by atoms with Gasteiger partial charge in [-0.3, -0.25) is 4.98 Å². The van der Waals surface area contributed by atoms with Gasteiger partial charge in [0.1, 0.15) is 6.10 Å². The number of rotatable bonds is 3. The molecule has 0 aliphatic rings. The first-order chi connectivity index (χ1) is 6.81. The number of aliphatic hydroxyl groups is 1. The van der Waals surface area contributed by atoms with E-state index in [0.717, 1.165) is 15.8 Å². The van der Waals surface area contributed by atoms with E-state index in [-0.39, 0.29) is 0 Å². The number of nitrogens with zero attached hydrogens (tertiary/aromatic N) is 1. The summed E-state index contributed by atoms with van der Waals surface area (Å²) in [6.07, 6.45) is 1.11. The quantitative estimate of drug-likeness (QED) is 0.840. The zero-order valence-corrected chi connectivity index (χ0v) is 8.62. The van der Waals surface area contributed by atoms with Crippen molar-refractivity contribution in [1.82, 2.24) is 4.98 Å². The minimum Gasteiger partial charge on any atom is -0.386 e. The van der Waals surface area contributed by atoms with Crippen molar-refractivity contribution < 1.29 is 9.84 Å². The Kier molecular flexibility index (Phi) is 2.77. The minimum atomic E-state index is -0.584. The van der Waals surface area contributed by atoms with Gasteiger partial charge in [0.15, 0.2) is 0 Å². The second-order valence-electron chi connectivity index (χ2n) is 3.04. The van der Waals surface area contributed by atoms with Crippen LogP contribution in [0.4, 0.5) is 0 Å². The van der Waals surface area contributed by atoms with E-state index in [2.05, 4.69) is 4.98 Å². The maximum Gasteiger partial charge on any atom is 0.104 e. The summed E-state index contributed by atoms with van der Waals surface area (Å²) in [6.45, 7) is 0.304. The second kappa shape index (κ2) is 4.04. The average molecular weight is 209 g/mol. The van der Waals surface area contributed by atoms with Crippen molar-refractivity contribution >= 4 is 21.6 Å². The van der Waals surface area contributed by atoms with Crippen molar-refractivity contribution in [2.75, 3.05) is 13.7 Å². The third kappa shape index (κ3) is 1.77. The predicted octanol–water partition coefficient (Wildman–Crippen LogP) is 1.98. The predicted molar refractivity (Wildman–Crippen MR) is 56.5 cm³/mol. The highest BCUT2D eigenvalue weighted by atomic mass is 32.1. The number of methoxy groups -OCH3 is 1. The monoisotopic (exact) mass is 209 g/mol. The van der Waals surface area contributed by atoms with E-state index in [1.807, 2.05) is 17.5 Å². The van der Waals surface area contributed by atoms with E-state index in [0.29, 0.717) is 6.61 Å². The molecule has 0 aliphatic heterocycles. The van der Waals surface area contributed by atoms with Crippen LogP contribution in [0.15, 0.2) is 23.7 Å². The maximum absolute atomic E-state index is 9.66. The molecule has 2 aromatic rings. The molecule has 74 valence electrons. The van der Waals surface area contributed by atoms with Gasteiger partial charge in [-0.15, -0.1) is 11.3 Å². The van der Waals surface area contributed by atoms with Crippen molar-refractivity contribution in [3.05, 3.63) is 29.3 Å². The van der Waals surface area contributed by atoms with Gasteiger partial charge in [-0.05, 0) is 17.5 Å². The van der Waals surface area contributed by atoms with Gasteiger partial charge in [-0.1, -0.05) is 0 Å². The van der Waals surface area contributed by atoms with E-state index in [1.165, 1.54) is 0 Å². The van der Waals surface area contributed by atoms with Crippen molar-refractivity contribution in [2.24, 2.45) is 0 Å². The Balaban J connectivity index is 2.33. The molecule has 1 N–H and O–H groups in total. The molecule has 0 bridgehead atoms. The summed E-state index contributed by atoms with van der Waals surface area (Å²) in [7, 11) is 1.57. The fourth-order valence-electron chi connectivity index (χ4n) is 1.30.